The lowest BCUT2D eigenvalue weighted by Gasteiger charge is -2.34. The van der Waals surface area contributed by atoms with Gasteiger partial charge in [-0.2, -0.15) is 0 Å². The van der Waals surface area contributed by atoms with Crippen LogP contribution in [0.15, 0.2) is 36.5 Å². The quantitative estimate of drug-likeness (QED) is 0.782. The molecule has 2 heterocycles. The number of likely N-dealkylation sites (tertiary alicyclic amines) is 1. The van der Waals surface area contributed by atoms with Crippen molar-refractivity contribution in [1.82, 2.24) is 9.88 Å². The van der Waals surface area contributed by atoms with Crippen LogP contribution >= 0.6 is 15.9 Å². The maximum absolute atomic E-state index is 4.43. The third-order valence-electron chi connectivity index (χ3n) is 4.08. The normalized spacial score (nSPS) is 24.7. The molecular formula is C16H19BrN2. The Kier molecular flexibility index (Phi) is 3.85. The number of fused-ring (bicyclic) bond motifs is 1. The van der Waals surface area contributed by atoms with Crippen LogP contribution < -0.4 is 0 Å². The van der Waals surface area contributed by atoms with E-state index >= 15 is 0 Å². The summed E-state index contributed by atoms with van der Waals surface area (Å²) in [5.74, 6) is 0.783. The van der Waals surface area contributed by atoms with E-state index in [0.717, 1.165) is 24.5 Å². The molecule has 1 aliphatic rings. The Labute approximate surface area is 123 Å². The topological polar surface area (TPSA) is 16.1 Å². The Balaban J connectivity index is 1.82. The van der Waals surface area contributed by atoms with Crippen molar-refractivity contribution in [3.05, 3.63) is 42.1 Å². The van der Waals surface area contributed by atoms with Crippen LogP contribution in [-0.4, -0.2) is 27.8 Å². The minimum Gasteiger partial charge on any atom is -0.298 e. The van der Waals surface area contributed by atoms with Gasteiger partial charge in [0.25, 0.3) is 0 Å². The number of piperidine rings is 1. The molecular weight excluding hydrogens is 300 g/mol. The van der Waals surface area contributed by atoms with Gasteiger partial charge in [-0.15, -0.1) is 0 Å². The first kappa shape index (κ1) is 13.1. The van der Waals surface area contributed by atoms with Gasteiger partial charge in [-0.05, 0) is 36.6 Å². The highest BCUT2D eigenvalue weighted by atomic mass is 79.9. The number of hydrogen-bond donors (Lipinski definition) is 0. The standard InChI is InChI=1S/C16H19BrN2/c1-12-7-9-19(11-15(12)17)10-13-6-8-18-16-5-3-2-4-14(13)16/h2-6,8,12,15H,7,9-11H2,1H3. The molecule has 0 saturated carbocycles. The highest BCUT2D eigenvalue weighted by Crippen LogP contribution is 2.25. The summed E-state index contributed by atoms with van der Waals surface area (Å²) in [5.41, 5.74) is 2.49. The number of alkyl halides is 1. The van der Waals surface area contributed by atoms with Crippen molar-refractivity contribution in [3.8, 4) is 0 Å². The number of pyridine rings is 1. The third kappa shape index (κ3) is 2.82. The molecule has 1 aromatic carbocycles. The lowest BCUT2D eigenvalue weighted by molar-refractivity contribution is 0.194. The minimum absolute atomic E-state index is 0.620. The maximum atomic E-state index is 4.43. The van der Waals surface area contributed by atoms with Gasteiger partial charge in [-0.25, -0.2) is 0 Å². The Morgan fingerprint density at radius 1 is 1.32 bits per heavy atom. The van der Waals surface area contributed by atoms with Gasteiger partial charge in [0.05, 0.1) is 5.52 Å². The second-order valence-electron chi connectivity index (χ2n) is 5.50. The number of nitrogens with zero attached hydrogens (tertiary/aromatic N) is 2. The smallest absolute Gasteiger partial charge is 0.0705 e. The van der Waals surface area contributed by atoms with Gasteiger partial charge in [0.15, 0.2) is 0 Å². The van der Waals surface area contributed by atoms with E-state index in [1.54, 1.807) is 0 Å². The van der Waals surface area contributed by atoms with E-state index in [4.69, 9.17) is 0 Å². The van der Waals surface area contributed by atoms with Gasteiger partial charge < -0.3 is 0 Å². The molecule has 0 bridgehead atoms. The molecule has 0 N–H and O–H groups in total. The summed E-state index contributed by atoms with van der Waals surface area (Å²) in [5, 5.41) is 1.29. The Hall–Kier alpha value is -0.930. The molecule has 19 heavy (non-hydrogen) atoms. The summed E-state index contributed by atoms with van der Waals surface area (Å²) < 4.78 is 0. The molecule has 0 radical (unpaired) electrons. The van der Waals surface area contributed by atoms with Crippen molar-refractivity contribution in [3.63, 3.8) is 0 Å². The van der Waals surface area contributed by atoms with Gasteiger partial charge in [-0.3, -0.25) is 9.88 Å². The van der Waals surface area contributed by atoms with Crippen LogP contribution in [-0.2, 0) is 6.54 Å². The van der Waals surface area contributed by atoms with Crippen LogP contribution in [0.5, 0.6) is 0 Å². The van der Waals surface area contributed by atoms with E-state index in [2.05, 4.69) is 63.1 Å². The number of aromatic nitrogens is 1. The van der Waals surface area contributed by atoms with Crippen LogP contribution in [0.4, 0.5) is 0 Å². The van der Waals surface area contributed by atoms with Crippen molar-refractivity contribution in [1.29, 1.82) is 0 Å². The third-order valence-corrected chi connectivity index (χ3v) is 5.28. The molecule has 0 amide bonds. The largest absolute Gasteiger partial charge is 0.298 e. The van der Waals surface area contributed by atoms with Crippen molar-refractivity contribution >= 4 is 26.8 Å². The van der Waals surface area contributed by atoms with E-state index < -0.39 is 0 Å². The number of halogens is 1. The Morgan fingerprint density at radius 2 is 2.16 bits per heavy atom. The molecule has 0 spiro atoms. The van der Waals surface area contributed by atoms with E-state index in [9.17, 15) is 0 Å². The molecule has 1 saturated heterocycles. The van der Waals surface area contributed by atoms with Crippen molar-refractivity contribution in [2.45, 2.75) is 24.7 Å². The molecule has 1 fully saturated rings. The summed E-state index contributed by atoms with van der Waals surface area (Å²) in [6.07, 6.45) is 3.20. The summed E-state index contributed by atoms with van der Waals surface area (Å²) in [4.78, 5) is 7.60. The van der Waals surface area contributed by atoms with Crippen molar-refractivity contribution in [2.75, 3.05) is 13.1 Å². The molecule has 100 valence electrons. The molecule has 3 heteroatoms. The SMILES string of the molecule is CC1CCN(Cc2ccnc3ccccc23)CC1Br. The first-order valence-electron chi connectivity index (χ1n) is 6.93. The number of benzene rings is 1. The average Bonchev–Trinajstić information content (AvgIpc) is 2.43. The second-order valence-corrected chi connectivity index (χ2v) is 6.68. The predicted molar refractivity (Wildman–Crippen MR) is 83.5 cm³/mol. The Morgan fingerprint density at radius 3 is 3.00 bits per heavy atom. The number of rotatable bonds is 2. The zero-order valence-corrected chi connectivity index (χ0v) is 12.8. The van der Waals surface area contributed by atoms with Crippen LogP contribution in [0, 0.1) is 5.92 Å². The fraction of sp³-hybridized carbons (Fsp3) is 0.438. The van der Waals surface area contributed by atoms with Gasteiger partial charge in [-0.1, -0.05) is 41.1 Å². The molecule has 2 atom stereocenters. The lowest BCUT2D eigenvalue weighted by atomic mass is 9.98. The fourth-order valence-corrected chi connectivity index (χ4v) is 3.44. The maximum Gasteiger partial charge on any atom is 0.0705 e. The predicted octanol–water partition coefficient (Wildman–Crippen LogP) is 3.84. The van der Waals surface area contributed by atoms with Crippen LogP contribution in [0.2, 0.25) is 0 Å². The monoisotopic (exact) mass is 318 g/mol. The van der Waals surface area contributed by atoms with E-state index in [0.29, 0.717) is 4.83 Å². The summed E-state index contributed by atoms with van der Waals surface area (Å²) in [6.45, 7) is 5.69. The molecule has 2 unspecified atom stereocenters. The summed E-state index contributed by atoms with van der Waals surface area (Å²) in [6, 6.07) is 10.6. The molecule has 1 aliphatic heterocycles. The molecule has 1 aromatic heterocycles. The molecule has 2 aromatic rings. The second kappa shape index (κ2) is 5.59. The first-order valence-corrected chi connectivity index (χ1v) is 7.84. The Bertz CT molecular complexity index is 564. The summed E-state index contributed by atoms with van der Waals surface area (Å²) in [7, 11) is 0. The van der Waals surface area contributed by atoms with E-state index in [1.807, 2.05) is 6.20 Å². The minimum atomic E-state index is 0.620. The van der Waals surface area contributed by atoms with Crippen LogP contribution in [0.25, 0.3) is 10.9 Å². The number of hydrogen-bond acceptors (Lipinski definition) is 2. The highest BCUT2D eigenvalue weighted by Gasteiger charge is 2.24. The van der Waals surface area contributed by atoms with Gasteiger partial charge in [0.2, 0.25) is 0 Å². The highest BCUT2D eigenvalue weighted by molar-refractivity contribution is 9.09. The van der Waals surface area contributed by atoms with Gasteiger partial charge >= 0.3 is 0 Å². The van der Waals surface area contributed by atoms with Crippen molar-refractivity contribution < 1.29 is 0 Å². The summed E-state index contributed by atoms with van der Waals surface area (Å²) >= 11 is 3.80. The fourth-order valence-electron chi connectivity index (χ4n) is 2.76. The van der Waals surface area contributed by atoms with Crippen LogP contribution in [0.3, 0.4) is 0 Å². The first-order chi connectivity index (χ1) is 9.24. The molecule has 2 nitrogen and oxygen atoms in total. The average molecular weight is 319 g/mol. The zero-order chi connectivity index (χ0) is 13.2. The van der Waals surface area contributed by atoms with E-state index in [1.165, 1.54) is 23.9 Å². The molecule has 0 aliphatic carbocycles. The van der Waals surface area contributed by atoms with Crippen molar-refractivity contribution in [2.24, 2.45) is 5.92 Å². The van der Waals surface area contributed by atoms with E-state index in [-0.39, 0.29) is 0 Å². The van der Waals surface area contributed by atoms with Gasteiger partial charge in [0, 0.05) is 29.5 Å². The van der Waals surface area contributed by atoms with Gasteiger partial charge in [0.1, 0.15) is 0 Å². The lowest BCUT2D eigenvalue weighted by Crippen LogP contribution is -2.39. The van der Waals surface area contributed by atoms with Crippen LogP contribution in [0.1, 0.15) is 18.9 Å². The molecule has 3 rings (SSSR count). The zero-order valence-electron chi connectivity index (χ0n) is 11.2. The number of para-hydroxylation sites is 1.